The smallest absolute Gasteiger partial charge is 0.343 e. The highest BCUT2D eigenvalue weighted by Gasteiger charge is 2.30. The third kappa shape index (κ3) is 2.53. The third-order valence-electron chi connectivity index (χ3n) is 1.85. The quantitative estimate of drug-likeness (QED) is 0.565. The summed E-state index contributed by atoms with van der Waals surface area (Å²) in [5.74, 6) is -3.27. The number of hydrogen-bond donors (Lipinski definition) is 2. The number of carbonyl (C=O) groups is 2. The highest BCUT2D eigenvalue weighted by atomic mass is 127. The van der Waals surface area contributed by atoms with E-state index < -0.39 is 61.5 Å². The normalized spacial score (nSPS) is 10.7. The van der Waals surface area contributed by atoms with Gasteiger partial charge in [-0.1, -0.05) is 34.8 Å². The second-order valence-corrected chi connectivity index (χ2v) is 6.29. The van der Waals surface area contributed by atoms with Crippen molar-refractivity contribution in [2.45, 2.75) is 0 Å². The number of carboxylic acids is 2. The lowest BCUT2D eigenvalue weighted by molar-refractivity contribution is 0.0680. The van der Waals surface area contributed by atoms with Gasteiger partial charge < -0.3 is 10.2 Å². The van der Waals surface area contributed by atoms with Crippen LogP contribution in [0.15, 0.2) is 0 Å². The first-order chi connectivity index (χ1) is 8.20. The van der Waals surface area contributed by atoms with Gasteiger partial charge in [-0.25, -0.2) is 15.7 Å². The van der Waals surface area contributed by atoms with Crippen LogP contribution in [0.4, 0.5) is 0 Å². The molecule has 0 bridgehead atoms. The molecule has 0 aliphatic carbocycles. The molecular formula is C8H2Cl3IO6. The Bertz CT molecular complexity index is 628. The van der Waals surface area contributed by atoms with E-state index in [-0.39, 0.29) is 0 Å². The zero-order valence-electron chi connectivity index (χ0n) is 8.04. The molecule has 0 aromatic heterocycles. The van der Waals surface area contributed by atoms with Crippen LogP contribution in [0.25, 0.3) is 0 Å². The molecule has 0 aliphatic heterocycles. The standard InChI is InChI=1S/C8H2Cl3IO6/c9-3-1(7(13)14)5(11)6(12(17)18)2(4(3)10)8(15)16/h(H,13,14)(H,15,16). The van der Waals surface area contributed by atoms with E-state index in [9.17, 15) is 15.7 Å². The maximum Gasteiger partial charge on any atom is 0.343 e. The highest BCUT2D eigenvalue weighted by Crippen LogP contribution is 2.42. The summed E-state index contributed by atoms with van der Waals surface area (Å²) < 4.78 is 21.4. The van der Waals surface area contributed by atoms with Crippen LogP contribution in [0.5, 0.6) is 0 Å². The number of aromatic carboxylic acids is 2. The fourth-order valence-corrected chi connectivity index (χ4v) is 4.16. The van der Waals surface area contributed by atoms with Gasteiger partial charge in [0.05, 0.1) is 26.2 Å². The van der Waals surface area contributed by atoms with Crippen molar-refractivity contribution >= 4 is 66.5 Å². The van der Waals surface area contributed by atoms with Gasteiger partial charge in [0.1, 0.15) is 3.57 Å². The van der Waals surface area contributed by atoms with Crippen LogP contribution in [0, 0.1) is 3.57 Å². The lowest BCUT2D eigenvalue weighted by atomic mass is 10.1. The first-order valence-corrected chi connectivity index (χ1v) is 7.89. The van der Waals surface area contributed by atoms with Gasteiger partial charge in [-0.3, -0.25) is 0 Å². The van der Waals surface area contributed by atoms with Crippen molar-refractivity contribution in [3.05, 3.63) is 29.8 Å². The molecule has 0 saturated carbocycles. The first-order valence-electron chi connectivity index (χ1n) is 3.92. The number of carboxylic acid groups (broad SMARTS) is 2. The van der Waals surface area contributed by atoms with E-state index in [1.807, 2.05) is 0 Å². The van der Waals surface area contributed by atoms with Gasteiger partial charge in [0.15, 0.2) is 0 Å². The Morgan fingerprint density at radius 2 is 1.22 bits per heavy atom. The minimum Gasteiger partial charge on any atom is -0.478 e. The molecule has 0 spiro atoms. The van der Waals surface area contributed by atoms with Gasteiger partial charge in [0.25, 0.3) is 0 Å². The van der Waals surface area contributed by atoms with Crippen molar-refractivity contribution < 1.29 is 25.9 Å². The average Bonchev–Trinajstić information content (AvgIpc) is 2.21. The van der Waals surface area contributed by atoms with Gasteiger partial charge in [-0.2, -0.15) is 0 Å². The Labute approximate surface area is 122 Å². The molecule has 6 nitrogen and oxygen atoms in total. The molecule has 0 aliphatic rings. The van der Waals surface area contributed by atoms with Crippen LogP contribution in [-0.4, -0.2) is 22.2 Å². The fourth-order valence-electron chi connectivity index (χ4n) is 1.15. The van der Waals surface area contributed by atoms with E-state index in [0.29, 0.717) is 0 Å². The summed E-state index contributed by atoms with van der Waals surface area (Å²) in [6.07, 6.45) is 0. The molecule has 0 amide bonds. The summed E-state index contributed by atoms with van der Waals surface area (Å²) in [7, 11) is 0. The van der Waals surface area contributed by atoms with Crippen LogP contribution in [0.2, 0.25) is 15.1 Å². The van der Waals surface area contributed by atoms with E-state index in [0.717, 1.165) is 0 Å². The molecule has 0 saturated heterocycles. The van der Waals surface area contributed by atoms with Gasteiger partial charge in [0, 0.05) is 0 Å². The lowest BCUT2D eigenvalue weighted by Crippen LogP contribution is -2.08. The van der Waals surface area contributed by atoms with E-state index in [4.69, 9.17) is 45.0 Å². The van der Waals surface area contributed by atoms with Crippen molar-refractivity contribution in [1.29, 1.82) is 0 Å². The zero-order chi connectivity index (χ0) is 14.2. The Balaban J connectivity index is 4.00. The molecule has 0 atom stereocenters. The topological polar surface area (TPSA) is 109 Å². The molecule has 1 aromatic rings. The summed E-state index contributed by atoms with van der Waals surface area (Å²) in [5, 5.41) is 15.7. The molecule has 98 valence electrons. The largest absolute Gasteiger partial charge is 0.478 e. The van der Waals surface area contributed by atoms with Crippen molar-refractivity contribution in [2.24, 2.45) is 0 Å². The summed E-state index contributed by atoms with van der Waals surface area (Å²) in [6.45, 7) is 0. The Hall–Kier alpha value is -0.640. The number of benzene rings is 1. The van der Waals surface area contributed by atoms with E-state index in [1.54, 1.807) is 0 Å². The molecule has 0 unspecified atom stereocenters. The minimum absolute atomic E-state index is 0.618. The second-order valence-electron chi connectivity index (χ2n) is 2.83. The molecule has 2 N–H and O–H groups in total. The lowest BCUT2D eigenvalue weighted by Gasteiger charge is -2.09. The second kappa shape index (κ2) is 5.55. The highest BCUT2D eigenvalue weighted by molar-refractivity contribution is 14.2. The molecule has 18 heavy (non-hydrogen) atoms. The predicted molar refractivity (Wildman–Crippen MR) is 69.5 cm³/mol. The minimum atomic E-state index is -4.38. The number of rotatable bonds is 3. The van der Waals surface area contributed by atoms with Crippen molar-refractivity contribution in [1.82, 2.24) is 0 Å². The molecule has 1 rings (SSSR count). The maximum atomic E-state index is 11.1. The van der Waals surface area contributed by atoms with Crippen LogP contribution in [0.3, 0.4) is 0 Å². The van der Waals surface area contributed by atoms with Gasteiger partial charge in [0.2, 0.25) is 0 Å². The summed E-state index contributed by atoms with van der Waals surface area (Å²) in [5.41, 5.74) is -1.55. The van der Waals surface area contributed by atoms with Gasteiger partial charge in [-0.15, -0.1) is 0 Å². The Morgan fingerprint density at radius 3 is 1.56 bits per heavy atom. The fraction of sp³-hybridized carbons (Fsp3) is 0. The average molecular weight is 427 g/mol. The van der Waals surface area contributed by atoms with Crippen LogP contribution in [-0.2, 0) is 6.14 Å². The molecule has 0 fully saturated rings. The molecule has 1 aromatic carbocycles. The molecular weight excluding hydrogens is 425 g/mol. The molecule has 10 heteroatoms. The summed E-state index contributed by atoms with van der Waals surface area (Å²) in [4.78, 5) is 21.8. The Morgan fingerprint density at radius 1 is 0.833 bits per heavy atom. The van der Waals surface area contributed by atoms with E-state index in [1.165, 1.54) is 0 Å². The van der Waals surface area contributed by atoms with Crippen LogP contribution in [0.1, 0.15) is 20.7 Å². The van der Waals surface area contributed by atoms with Crippen molar-refractivity contribution in [3.63, 3.8) is 0 Å². The summed E-state index contributed by atoms with van der Waals surface area (Å²) >= 11 is 12.3. The number of hydrogen-bond acceptors (Lipinski definition) is 4. The number of halogens is 4. The van der Waals surface area contributed by atoms with Gasteiger partial charge >= 0.3 is 31.7 Å². The van der Waals surface area contributed by atoms with Gasteiger partial charge in [-0.05, 0) is 0 Å². The third-order valence-corrected chi connectivity index (χ3v) is 5.35. The van der Waals surface area contributed by atoms with Crippen LogP contribution >= 0.6 is 54.6 Å². The van der Waals surface area contributed by atoms with E-state index >= 15 is 0 Å². The first kappa shape index (κ1) is 15.4. The SMILES string of the molecule is O=C(O)c1c(Cl)c(Cl)c(C(=O)O)c(I(=O)=O)c1Cl. The Kier molecular flexibility index (Phi) is 4.76. The molecule has 0 heterocycles. The summed E-state index contributed by atoms with van der Waals surface area (Å²) in [6, 6.07) is 0. The molecule has 0 radical (unpaired) electrons. The zero-order valence-corrected chi connectivity index (χ0v) is 12.5. The van der Waals surface area contributed by atoms with E-state index in [2.05, 4.69) is 0 Å². The predicted octanol–water partition coefficient (Wildman–Crippen LogP) is 3.41. The monoisotopic (exact) mass is 426 g/mol. The van der Waals surface area contributed by atoms with Crippen molar-refractivity contribution in [2.75, 3.05) is 0 Å². The van der Waals surface area contributed by atoms with Crippen molar-refractivity contribution in [3.8, 4) is 0 Å². The van der Waals surface area contributed by atoms with Crippen LogP contribution < -0.4 is 0 Å². The maximum absolute atomic E-state index is 11.1.